The number of nitrogens with zero attached hydrogens (tertiary/aromatic N) is 1. The van der Waals surface area contributed by atoms with Crippen molar-refractivity contribution in [3.05, 3.63) is 41.6 Å². The summed E-state index contributed by atoms with van der Waals surface area (Å²) in [4.78, 5) is 4.57. The molecule has 1 aromatic heterocycles. The monoisotopic (exact) mass is 282 g/mol. The standard InChI is InChI=1S/C19H26N2/c1-14-6-8-16-11-15(7-9-18(16)21-14)13-20-17-5-4-10-19(2,3)12-17/h6-9,11,17,20H,4-5,10,12-13H2,1-3H3. The zero-order chi connectivity index (χ0) is 14.9. The van der Waals surface area contributed by atoms with E-state index < -0.39 is 0 Å². The fraction of sp³-hybridized carbons (Fsp3) is 0.526. The molecule has 1 aliphatic carbocycles. The van der Waals surface area contributed by atoms with Crippen LogP contribution in [0.25, 0.3) is 10.9 Å². The third-order valence-corrected chi connectivity index (χ3v) is 4.69. The van der Waals surface area contributed by atoms with Crippen LogP contribution < -0.4 is 5.32 Å². The van der Waals surface area contributed by atoms with Crippen LogP contribution in [-0.4, -0.2) is 11.0 Å². The Morgan fingerprint density at radius 1 is 1.24 bits per heavy atom. The lowest BCUT2D eigenvalue weighted by molar-refractivity contribution is 0.198. The molecular weight excluding hydrogens is 256 g/mol. The van der Waals surface area contributed by atoms with Gasteiger partial charge >= 0.3 is 0 Å². The highest BCUT2D eigenvalue weighted by atomic mass is 14.9. The first-order valence-electron chi connectivity index (χ1n) is 8.12. The lowest BCUT2D eigenvalue weighted by Gasteiger charge is -2.35. The van der Waals surface area contributed by atoms with E-state index in [1.54, 1.807) is 0 Å². The quantitative estimate of drug-likeness (QED) is 0.889. The topological polar surface area (TPSA) is 24.9 Å². The molecule has 1 atom stereocenters. The molecule has 2 aromatic rings. The van der Waals surface area contributed by atoms with Crippen LogP contribution >= 0.6 is 0 Å². The molecule has 3 rings (SSSR count). The fourth-order valence-corrected chi connectivity index (χ4v) is 3.52. The second-order valence-electron chi connectivity index (χ2n) is 7.32. The van der Waals surface area contributed by atoms with Crippen LogP contribution in [0.5, 0.6) is 0 Å². The van der Waals surface area contributed by atoms with E-state index in [1.165, 1.54) is 36.6 Å². The largest absolute Gasteiger partial charge is 0.310 e. The normalized spacial score (nSPS) is 21.6. The highest BCUT2D eigenvalue weighted by molar-refractivity contribution is 5.79. The van der Waals surface area contributed by atoms with Crippen molar-refractivity contribution in [1.29, 1.82) is 0 Å². The highest BCUT2D eigenvalue weighted by Crippen LogP contribution is 2.35. The number of hydrogen-bond acceptors (Lipinski definition) is 2. The maximum atomic E-state index is 4.57. The summed E-state index contributed by atoms with van der Waals surface area (Å²) in [5.41, 5.74) is 4.03. The molecule has 112 valence electrons. The van der Waals surface area contributed by atoms with Crippen LogP contribution in [-0.2, 0) is 6.54 Å². The van der Waals surface area contributed by atoms with E-state index in [2.05, 4.69) is 54.5 Å². The average Bonchev–Trinajstić information content (AvgIpc) is 2.44. The Morgan fingerprint density at radius 2 is 2.10 bits per heavy atom. The van der Waals surface area contributed by atoms with Gasteiger partial charge in [0.2, 0.25) is 0 Å². The second kappa shape index (κ2) is 5.76. The van der Waals surface area contributed by atoms with Gasteiger partial charge in [-0.1, -0.05) is 32.4 Å². The van der Waals surface area contributed by atoms with E-state index in [4.69, 9.17) is 0 Å². The Morgan fingerprint density at radius 3 is 2.90 bits per heavy atom. The first-order chi connectivity index (χ1) is 10.0. The molecule has 0 radical (unpaired) electrons. The van der Waals surface area contributed by atoms with Crippen LogP contribution in [0.1, 0.15) is 50.8 Å². The lowest BCUT2D eigenvalue weighted by Crippen LogP contribution is -2.36. The van der Waals surface area contributed by atoms with E-state index in [9.17, 15) is 0 Å². The molecule has 1 fully saturated rings. The number of fused-ring (bicyclic) bond motifs is 1. The molecule has 1 unspecified atom stereocenters. The summed E-state index contributed by atoms with van der Waals surface area (Å²) in [5, 5.41) is 4.99. The van der Waals surface area contributed by atoms with E-state index in [1.807, 2.05) is 6.92 Å². The number of hydrogen-bond donors (Lipinski definition) is 1. The van der Waals surface area contributed by atoms with Crippen molar-refractivity contribution in [2.45, 2.75) is 59.0 Å². The molecular formula is C19H26N2. The molecule has 1 saturated carbocycles. The van der Waals surface area contributed by atoms with Gasteiger partial charge in [0.25, 0.3) is 0 Å². The molecule has 0 bridgehead atoms. The fourth-order valence-electron chi connectivity index (χ4n) is 3.52. The molecule has 0 saturated heterocycles. The third-order valence-electron chi connectivity index (χ3n) is 4.69. The summed E-state index contributed by atoms with van der Waals surface area (Å²) >= 11 is 0. The number of aryl methyl sites for hydroxylation is 1. The van der Waals surface area contributed by atoms with Crippen molar-refractivity contribution in [2.24, 2.45) is 5.41 Å². The predicted molar refractivity (Wildman–Crippen MR) is 89.4 cm³/mol. The lowest BCUT2D eigenvalue weighted by atomic mass is 9.75. The Kier molecular flexibility index (Phi) is 3.99. The molecule has 2 nitrogen and oxygen atoms in total. The maximum absolute atomic E-state index is 4.57. The minimum absolute atomic E-state index is 0.501. The first kappa shape index (κ1) is 14.5. The first-order valence-corrected chi connectivity index (χ1v) is 8.12. The Balaban J connectivity index is 1.66. The van der Waals surface area contributed by atoms with E-state index in [0.717, 1.165) is 17.8 Å². The summed E-state index contributed by atoms with van der Waals surface area (Å²) in [7, 11) is 0. The van der Waals surface area contributed by atoms with Crippen LogP contribution in [0, 0.1) is 12.3 Å². The summed E-state index contributed by atoms with van der Waals surface area (Å²) < 4.78 is 0. The molecule has 1 aliphatic rings. The maximum Gasteiger partial charge on any atom is 0.0705 e. The highest BCUT2D eigenvalue weighted by Gasteiger charge is 2.27. The van der Waals surface area contributed by atoms with Gasteiger partial charge in [0.05, 0.1) is 5.52 Å². The molecule has 1 heterocycles. The summed E-state index contributed by atoms with van der Waals surface area (Å²) in [6.07, 6.45) is 5.33. The number of nitrogens with one attached hydrogen (secondary N) is 1. The zero-order valence-electron chi connectivity index (χ0n) is 13.4. The van der Waals surface area contributed by atoms with Crippen molar-refractivity contribution >= 4 is 10.9 Å². The van der Waals surface area contributed by atoms with Crippen LogP contribution in [0.2, 0.25) is 0 Å². The van der Waals surface area contributed by atoms with Crippen molar-refractivity contribution in [3.63, 3.8) is 0 Å². The predicted octanol–water partition coefficient (Wildman–Crippen LogP) is 4.60. The SMILES string of the molecule is Cc1ccc2cc(CNC3CCCC(C)(C)C3)ccc2n1. The van der Waals surface area contributed by atoms with E-state index in [0.29, 0.717) is 11.5 Å². The molecule has 0 spiro atoms. The van der Waals surface area contributed by atoms with Crippen LogP contribution in [0.3, 0.4) is 0 Å². The van der Waals surface area contributed by atoms with Crippen molar-refractivity contribution in [3.8, 4) is 0 Å². The third kappa shape index (κ3) is 3.62. The minimum atomic E-state index is 0.501. The number of aromatic nitrogens is 1. The van der Waals surface area contributed by atoms with Gasteiger partial charge in [0.15, 0.2) is 0 Å². The Labute approximate surface area is 128 Å². The Bertz CT molecular complexity index is 630. The van der Waals surface area contributed by atoms with Gasteiger partial charge in [0.1, 0.15) is 0 Å². The van der Waals surface area contributed by atoms with E-state index >= 15 is 0 Å². The molecule has 0 amide bonds. The summed E-state index contributed by atoms with van der Waals surface area (Å²) in [6, 6.07) is 11.5. The van der Waals surface area contributed by atoms with Crippen molar-refractivity contribution < 1.29 is 0 Å². The number of pyridine rings is 1. The minimum Gasteiger partial charge on any atom is -0.310 e. The van der Waals surface area contributed by atoms with Crippen LogP contribution in [0.4, 0.5) is 0 Å². The average molecular weight is 282 g/mol. The van der Waals surface area contributed by atoms with Gasteiger partial charge in [-0.25, -0.2) is 0 Å². The van der Waals surface area contributed by atoms with Gasteiger partial charge in [0, 0.05) is 23.7 Å². The van der Waals surface area contributed by atoms with Crippen molar-refractivity contribution in [1.82, 2.24) is 10.3 Å². The molecule has 21 heavy (non-hydrogen) atoms. The zero-order valence-corrected chi connectivity index (χ0v) is 13.4. The van der Waals surface area contributed by atoms with Crippen molar-refractivity contribution in [2.75, 3.05) is 0 Å². The molecule has 1 aromatic carbocycles. The number of rotatable bonds is 3. The smallest absolute Gasteiger partial charge is 0.0705 e. The van der Waals surface area contributed by atoms with Gasteiger partial charge in [-0.15, -0.1) is 0 Å². The number of benzene rings is 1. The summed E-state index contributed by atoms with van der Waals surface area (Å²) in [6.45, 7) is 7.79. The summed E-state index contributed by atoms with van der Waals surface area (Å²) in [5.74, 6) is 0. The molecule has 1 N–H and O–H groups in total. The van der Waals surface area contributed by atoms with Gasteiger partial charge < -0.3 is 5.32 Å². The molecule has 2 heteroatoms. The van der Waals surface area contributed by atoms with E-state index in [-0.39, 0.29) is 0 Å². The van der Waals surface area contributed by atoms with Gasteiger partial charge in [-0.05, 0) is 55.4 Å². The molecule has 0 aliphatic heterocycles. The van der Waals surface area contributed by atoms with Gasteiger partial charge in [-0.3, -0.25) is 4.98 Å². The van der Waals surface area contributed by atoms with Crippen LogP contribution in [0.15, 0.2) is 30.3 Å². The second-order valence-corrected chi connectivity index (χ2v) is 7.32. The van der Waals surface area contributed by atoms with Gasteiger partial charge in [-0.2, -0.15) is 0 Å². The Hall–Kier alpha value is -1.41.